The normalized spacial score (nSPS) is 16.5. The lowest BCUT2D eigenvalue weighted by Crippen LogP contribution is -2.37. The molecule has 0 fully saturated rings. The molecule has 1 amide bonds. The third-order valence-corrected chi connectivity index (χ3v) is 2.48. The molecule has 88 valence electrons. The molecule has 3 unspecified atom stereocenters. The number of amides is 1. The van der Waals surface area contributed by atoms with Crippen LogP contribution in [0.25, 0.3) is 0 Å². The van der Waals surface area contributed by atoms with Crippen molar-refractivity contribution in [1.29, 1.82) is 0 Å². The molecule has 0 saturated carbocycles. The van der Waals surface area contributed by atoms with E-state index in [2.05, 4.69) is 30.6 Å². The Balaban J connectivity index is 3.93. The highest BCUT2D eigenvalue weighted by molar-refractivity contribution is 7.82. The lowest BCUT2D eigenvalue weighted by atomic mass is 10.2. The molecule has 0 aromatic rings. The molecule has 0 aliphatic heterocycles. The molecule has 0 aliphatic rings. The number of carboxylic acids is 1. The van der Waals surface area contributed by atoms with Gasteiger partial charge in [-0.25, -0.2) is 0 Å². The van der Waals surface area contributed by atoms with Gasteiger partial charge in [-0.05, 0) is 13.3 Å². The minimum Gasteiger partial charge on any atom is -0.480 e. The lowest BCUT2D eigenvalue weighted by molar-refractivity contribution is -0.136. The maximum absolute atomic E-state index is 11.3. The number of carbonyl (C=O) groups is 2. The van der Waals surface area contributed by atoms with Crippen LogP contribution in [-0.2, 0) is 9.59 Å². The molecule has 0 aliphatic carbocycles. The van der Waals surface area contributed by atoms with Gasteiger partial charge in [0, 0.05) is 6.54 Å². The topological polar surface area (TPSA) is 86.6 Å². The second kappa shape index (κ2) is 6.97. The number of aliphatic carboxylic acids is 1. The molecule has 0 rings (SSSR count). The van der Waals surface area contributed by atoms with E-state index in [0.29, 0.717) is 0 Å². The highest BCUT2D eigenvalue weighted by Crippen LogP contribution is 2.10. The largest absolute Gasteiger partial charge is 0.480 e. The third-order valence-electron chi connectivity index (χ3n) is 1.61. The van der Waals surface area contributed by atoms with Crippen molar-refractivity contribution in [3.63, 3.8) is 0 Å². The Morgan fingerprint density at radius 3 is 2.27 bits per heavy atom. The highest BCUT2D eigenvalue weighted by Gasteiger charge is 2.21. The van der Waals surface area contributed by atoms with E-state index in [1.54, 1.807) is 0 Å². The maximum Gasteiger partial charge on any atom is 0.316 e. The Bertz CT molecular complexity index is 235. The minimum atomic E-state index is -1.08. The third kappa shape index (κ3) is 6.64. The van der Waals surface area contributed by atoms with Crippen molar-refractivity contribution in [2.75, 3.05) is 6.54 Å². The number of hydrogen-bond acceptors (Lipinski definition) is 5. The Labute approximate surface area is 99.1 Å². The standard InChI is InChI=1S/C8H15NO4S2/c1-4(10)3-9-7(11)5(14)2-6(15)8(12)13/h4-6,10,14-15H,2-3H2,1H3,(H,9,11)(H,12,13). The van der Waals surface area contributed by atoms with Crippen LogP contribution in [0.5, 0.6) is 0 Å². The SMILES string of the molecule is CC(O)CNC(=O)C(S)CC(S)C(=O)O. The molecule has 0 spiro atoms. The van der Waals surface area contributed by atoms with E-state index in [4.69, 9.17) is 10.2 Å². The summed E-state index contributed by atoms with van der Waals surface area (Å²) in [5.74, 6) is -1.49. The Kier molecular flexibility index (Phi) is 6.78. The van der Waals surface area contributed by atoms with Crippen LogP contribution in [0.4, 0.5) is 0 Å². The van der Waals surface area contributed by atoms with E-state index in [0.717, 1.165) is 0 Å². The molecule has 7 heteroatoms. The summed E-state index contributed by atoms with van der Waals surface area (Å²) in [6.45, 7) is 1.66. The average molecular weight is 253 g/mol. The molecule has 15 heavy (non-hydrogen) atoms. The number of nitrogens with one attached hydrogen (secondary N) is 1. The first-order valence-electron chi connectivity index (χ1n) is 4.39. The van der Waals surface area contributed by atoms with Crippen LogP contribution in [0.15, 0.2) is 0 Å². The Morgan fingerprint density at radius 2 is 1.87 bits per heavy atom. The molecule has 0 saturated heterocycles. The van der Waals surface area contributed by atoms with Gasteiger partial charge in [0.05, 0.1) is 11.4 Å². The fourth-order valence-corrected chi connectivity index (χ4v) is 1.46. The molecule has 0 heterocycles. The van der Waals surface area contributed by atoms with Crippen molar-refractivity contribution in [2.24, 2.45) is 0 Å². The average Bonchev–Trinajstić information content (AvgIpc) is 2.13. The number of carbonyl (C=O) groups excluding carboxylic acids is 1. The van der Waals surface area contributed by atoms with E-state index in [-0.39, 0.29) is 13.0 Å². The summed E-state index contributed by atoms with van der Waals surface area (Å²) in [6, 6.07) is 0. The van der Waals surface area contributed by atoms with Crippen LogP contribution >= 0.6 is 25.3 Å². The van der Waals surface area contributed by atoms with Gasteiger partial charge >= 0.3 is 5.97 Å². The van der Waals surface area contributed by atoms with Crippen LogP contribution < -0.4 is 5.32 Å². The van der Waals surface area contributed by atoms with Crippen LogP contribution in [0, 0.1) is 0 Å². The smallest absolute Gasteiger partial charge is 0.316 e. The molecule has 3 N–H and O–H groups in total. The number of aliphatic hydroxyl groups excluding tert-OH is 1. The van der Waals surface area contributed by atoms with E-state index < -0.39 is 28.5 Å². The fourth-order valence-electron chi connectivity index (χ4n) is 0.785. The zero-order valence-electron chi connectivity index (χ0n) is 8.25. The molecular weight excluding hydrogens is 238 g/mol. The number of thiol groups is 2. The monoisotopic (exact) mass is 253 g/mol. The lowest BCUT2D eigenvalue weighted by Gasteiger charge is -2.14. The second-order valence-electron chi connectivity index (χ2n) is 3.20. The van der Waals surface area contributed by atoms with Gasteiger partial charge in [0.15, 0.2) is 0 Å². The number of carboxylic acid groups (broad SMARTS) is 1. The first kappa shape index (κ1) is 14.6. The van der Waals surface area contributed by atoms with E-state index >= 15 is 0 Å². The molecule has 3 atom stereocenters. The van der Waals surface area contributed by atoms with Gasteiger partial charge in [-0.3, -0.25) is 9.59 Å². The van der Waals surface area contributed by atoms with Crippen molar-refractivity contribution in [1.82, 2.24) is 5.32 Å². The van der Waals surface area contributed by atoms with Gasteiger partial charge in [-0.15, -0.1) is 0 Å². The van der Waals surface area contributed by atoms with Crippen LogP contribution in [0.1, 0.15) is 13.3 Å². The van der Waals surface area contributed by atoms with E-state index in [1.807, 2.05) is 0 Å². The highest BCUT2D eigenvalue weighted by atomic mass is 32.1. The molecule has 0 aromatic carbocycles. The van der Waals surface area contributed by atoms with Crippen molar-refractivity contribution >= 4 is 37.1 Å². The summed E-state index contributed by atoms with van der Waals surface area (Å²) in [5.41, 5.74) is 0. The summed E-state index contributed by atoms with van der Waals surface area (Å²) in [7, 11) is 0. The molecule has 0 aromatic heterocycles. The van der Waals surface area contributed by atoms with Crippen LogP contribution in [0.2, 0.25) is 0 Å². The quantitative estimate of drug-likeness (QED) is 0.415. The van der Waals surface area contributed by atoms with Crippen LogP contribution in [0.3, 0.4) is 0 Å². The number of hydrogen-bond donors (Lipinski definition) is 5. The zero-order valence-corrected chi connectivity index (χ0v) is 10.0. The fraction of sp³-hybridized carbons (Fsp3) is 0.750. The number of aliphatic hydroxyl groups is 1. The zero-order chi connectivity index (χ0) is 12.0. The number of rotatable bonds is 6. The Morgan fingerprint density at radius 1 is 1.33 bits per heavy atom. The summed E-state index contributed by atoms with van der Waals surface area (Å²) >= 11 is 7.75. The van der Waals surface area contributed by atoms with Crippen LogP contribution in [-0.4, -0.2) is 45.2 Å². The van der Waals surface area contributed by atoms with Gasteiger partial charge in [-0.1, -0.05) is 0 Å². The van der Waals surface area contributed by atoms with Gasteiger partial charge < -0.3 is 15.5 Å². The summed E-state index contributed by atoms with van der Waals surface area (Å²) in [4.78, 5) is 21.7. The summed E-state index contributed by atoms with van der Waals surface area (Å²) in [5, 5.41) is 18.2. The predicted molar refractivity (Wildman–Crippen MR) is 62.5 cm³/mol. The first-order valence-corrected chi connectivity index (χ1v) is 5.42. The summed E-state index contributed by atoms with van der Waals surface area (Å²) < 4.78 is 0. The molecular formula is C8H15NO4S2. The van der Waals surface area contributed by atoms with Crippen molar-refractivity contribution in [3.8, 4) is 0 Å². The van der Waals surface area contributed by atoms with E-state index in [1.165, 1.54) is 6.92 Å². The van der Waals surface area contributed by atoms with Gasteiger partial charge in [-0.2, -0.15) is 25.3 Å². The summed E-state index contributed by atoms with van der Waals surface area (Å²) in [6.07, 6.45) is -0.603. The van der Waals surface area contributed by atoms with Crippen molar-refractivity contribution in [3.05, 3.63) is 0 Å². The van der Waals surface area contributed by atoms with Crippen molar-refractivity contribution < 1.29 is 19.8 Å². The minimum absolute atomic E-state index is 0.0349. The Hall–Kier alpha value is -0.400. The first-order chi connectivity index (χ1) is 6.84. The molecule has 5 nitrogen and oxygen atoms in total. The second-order valence-corrected chi connectivity index (χ2v) is 4.45. The predicted octanol–water partition coefficient (Wildman–Crippen LogP) is -0.445. The molecule has 0 bridgehead atoms. The van der Waals surface area contributed by atoms with E-state index in [9.17, 15) is 9.59 Å². The van der Waals surface area contributed by atoms with Gasteiger partial charge in [0.1, 0.15) is 5.25 Å². The van der Waals surface area contributed by atoms with Gasteiger partial charge in [0.2, 0.25) is 5.91 Å². The maximum atomic E-state index is 11.3. The molecule has 0 radical (unpaired) electrons. The van der Waals surface area contributed by atoms with Crippen molar-refractivity contribution in [2.45, 2.75) is 29.9 Å². The van der Waals surface area contributed by atoms with Gasteiger partial charge in [0.25, 0.3) is 0 Å².